The van der Waals surface area contributed by atoms with Crippen molar-refractivity contribution in [3.05, 3.63) is 46.4 Å². The van der Waals surface area contributed by atoms with Crippen LogP contribution in [0.15, 0.2) is 30.2 Å². The Morgan fingerprint density at radius 2 is 1.95 bits per heavy atom. The molecule has 2 aliphatic heterocycles. The molecule has 212 valence electrons. The van der Waals surface area contributed by atoms with E-state index in [0.717, 1.165) is 43.8 Å². The van der Waals surface area contributed by atoms with Crippen molar-refractivity contribution < 1.29 is 13.2 Å². The molecular formula is C27H38ClN7O3S. The second kappa shape index (κ2) is 10.4. The van der Waals surface area contributed by atoms with Gasteiger partial charge in [0.2, 0.25) is 5.95 Å². The highest BCUT2D eigenvalue weighted by atomic mass is 35.5. The van der Waals surface area contributed by atoms with E-state index in [4.69, 9.17) is 16.3 Å². The van der Waals surface area contributed by atoms with Crippen LogP contribution in [0.1, 0.15) is 57.1 Å². The third-order valence-corrected chi connectivity index (χ3v) is 10.6. The molecule has 3 aliphatic rings. The lowest BCUT2D eigenvalue weighted by Crippen LogP contribution is -2.54. The van der Waals surface area contributed by atoms with Crippen LogP contribution in [-0.2, 0) is 9.84 Å². The van der Waals surface area contributed by atoms with Crippen LogP contribution < -0.4 is 20.8 Å². The Morgan fingerprint density at radius 1 is 1.21 bits per heavy atom. The number of hydrogen-bond acceptors (Lipinski definition) is 10. The Balaban J connectivity index is 1.43. The van der Waals surface area contributed by atoms with E-state index < -0.39 is 20.0 Å². The van der Waals surface area contributed by atoms with Crippen LogP contribution in [0.5, 0.6) is 5.75 Å². The SMILES string of the molecule is Cc1cc(Nc2ncc(Cl)c(NC3=CN(C)NC3(C)S(=O)(=O)C(C)C)n2)c(OC2CC2)cc1C1CCN(C)C1. The summed E-state index contributed by atoms with van der Waals surface area (Å²) in [6.07, 6.45) is 6.65. The van der Waals surface area contributed by atoms with Gasteiger partial charge >= 0.3 is 0 Å². The first kappa shape index (κ1) is 27.9. The number of rotatable bonds is 9. The summed E-state index contributed by atoms with van der Waals surface area (Å²) in [5, 5.41) is 7.77. The van der Waals surface area contributed by atoms with E-state index in [0.29, 0.717) is 23.4 Å². The molecule has 0 bridgehead atoms. The molecule has 1 saturated carbocycles. The topological polar surface area (TPSA) is 112 Å². The van der Waals surface area contributed by atoms with Crippen molar-refractivity contribution in [1.29, 1.82) is 0 Å². The minimum absolute atomic E-state index is 0.232. The van der Waals surface area contributed by atoms with Gasteiger partial charge in [-0.2, -0.15) is 4.98 Å². The van der Waals surface area contributed by atoms with Crippen molar-refractivity contribution in [3.63, 3.8) is 0 Å². The smallest absolute Gasteiger partial charge is 0.229 e. The van der Waals surface area contributed by atoms with Crippen LogP contribution in [0.25, 0.3) is 0 Å². The van der Waals surface area contributed by atoms with E-state index in [2.05, 4.69) is 57.0 Å². The molecule has 2 aromatic rings. The first-order valence-corrected chi connectivity index (χ1v) is 15.3. The van der Waals surface area contributed by atoms with Crippen LogP contribution in [0, 0.1) is 6.92 Å². The Hall–Kier alpha value is -2.60. The van der Waals surface area contributed by atoms with Gasteiger partial charge in [0.1, 0.15) is 10.8 Å². The second-order valence-electron chi connectivity index (χ2n) is 11.3. The molecule has 3 N–H and O–H groups in total. The zero-order valence-electron chi connectivity index (χ0n) is 23.4. The predicted octanol–water partition coefficient (Wildman–Crippen LogP) is 4.39. The predicted molar refractivity (Wildman–Crippen MR) is 155 cm³/mol. The first-order valence-electron chi connectivity index (χ1n) is 13.4. The Kier molecular flexibility index (Phi) is 7.47. The molecule has 2 atom stereocenters. The van der Waals surface area contributed by atoms with E-state index in [-0.39, 0.29) is 11.1 Å². The molecule has 3 heterocycles. The van der Waals surface area contributed by atoms with Gasteiger partial charge in [0.25, 0.3) is 0 Å². The summed E-state index contributed by atoms with van der Waals surface area (Å²) in [4.78, 5) is 10.00. The van der Waals surface area contributed by atoms with Gasteiger partial charge in [-0.25, -0.2) is 18.8 Å². The summed E-state index contributed by atoms with van der Waals surface area (Å²) < 4.78 is 32.8. The van der Waals surface area contributed by atoms with Crippen molar-refractivity contribution in [2.75, 3.05) is 37.8 Å². The third kappa shape index (κ3) is 5.54. The highest BCUT2D eigenvalue weighted by molar-refractivity contribution is 7.93. The molecule has 0 amide bonds. The maximum atomic E-state index is 13.2. The number of halogens is 1. The number of aromatic nitrogens is 2. The second-order valence-corrected chi connectivity index (χ2v) is 14.6. The monoisotopic (exact) mass is 575 g/mol. The molecule has 2 unspecified atom stereocenters. The Bertz CT molecular complexity index is 1400. The zero-order chi connectivity index (χ0) is 28.1. The summed E-state index contributed by atoms with van der Waals surface area (Å²) in [7, 11) is 0.318. The average Bonchev–Trinajstić information content (AvgIpc) is 3.50. The highest BCUT2D eigenvalue weighted by Gasteiger charge is 2.48. The van der Waals surface area contributed by atoms with Crippen molar-refractivity contribution >= 4 is 38.9 Å². The number of nitrogens with one attached hydrogen (secondary N) is 3. The van der Waals surface area contributed by atoms with Gasteiger partial charge in [-0.3, -0.25) is 0 Å². The van der Waals surface area contributed by atoms with Crippen molar-refractivity contribution in [2.45, 2.75) is 69.1 Å². The number of anilines is 3. The fourth-order valence-electron chi connectivity index (χ4n) is 5.24. The van der Waals surface area contributed by atoms with E-state index >= 15 is 0 Å². The first-order chi connectivity index (χ1) is 18.4. The third-order valence-electron chi connectivity index (χ3n) is 7.68. The number of nitrogens with zero attached hydrogens (tertiary/aromatic N) is 4. The molecule has 0 radical (unpaired) electrons. The Morgan fingerprint density at radius 3 is 2.59 bits per heavy atom. The molecule has 1 aromatic heterocycles. The number of benzene rings is 1. The number of aryl methyl sites for hydroxylation is 1. The largest absolute Gasteiger partial charge is 0.488 e. The number of hydrazine groups is 1. The van der Waals surface area contributed by atoms with Crippen molar-refractivity contribution in [3.8, 4) is 5.75 Å². The molecule has 1 saturated heterocycles. The van der Waals surface area contributed by atoms with Gasteiger partial charge in [0.15, 0.2) is 20.5 Å². The standard InChI is InChI=1S/C27H38ClN7O3S/c1-16(2)39(36,37)27(4)24(15-35(6)33-27)31-25-21(28)13-29-26(32-25)30-22-11-17(3)20(18-9-10-34(5)14-18)12-23(22)38-19-7-8-19/h11-13,15-16,18-19,33H,7-10,14H2,1-6H3,(H2,29,30,31,32). The van der Waals surface area contributed by atoms with Crippen molar-refractivity contribution in [2.24, 2.45) is 0 Å². The maximum Gasteiger partial charge on any atom is 0.229 e. The average molecular weight is 576 g/mol. The van der Waals surface area contributed by atoms with E-state index in [1.807, 2.05) is 0 Å². The fourth-order valence-corrected chi connectivity index (χ4v) is 7.00. The van der Waals surface area contributed by atoms with Crippen LogP contribution in [0.2, 0.25) is 5.02 Å². The van der Waals surface area contributed by atoms with Gasteiger partial charge in [0.05, 0.1) is 28.9 Å². The van der Waals surface area contributed by atoms with Crippen molar-refractivity contribution in [1.82, 2.24) is 25.3 Å². The number of likely N-dealkylation sites (N-methyl/N-ethyl adjacent to an activating group) is 1. The molecular weight excluding hydrogens is 538 g/mol. The summed E-state index contributed by atoms with van der Waals surface area (Å²) in [5.41, 5.74) is 6.75. The van der Waals surface area contributed by atoms with Crippen LogP contribution in [0.3, 0.4) is 0 Å². The molecule has 2 fully saturated rings. The van der Waals surface area contributed by atoms with Crippen LogP contribution in [-0.4, -0.2) is 71.7 Å². The normalized spacial score (nSPS) is 23.8. The summed E-state index contributed by atoms with van der Waals surface area (Å²) >= 11 is 6.47. The van der Waals surface area contributed by atoms with Crippen LogP contribution >= 0.6 is 11.6 Å². The number of sulfone groups is 1. The Labute approximate surface area is 236 Å². The van der Waals surface area contributed by atoms with Gasteiger partial charge in [0, 0.05) is 19.8 Å². The van der Waals surface area contributed by atoms with Crippen LogP contribution in [0.4, 0.5) is 17.5 Å². The lowest BCUT2D eigenvalue weighted by atomic mass is 9.93. The number of likely N-dealkylation sites (tertiary alicyclic amines) is 1. The fraction of sp³-hybridized carbons (Fsp3) is 0.556. The highest BCUT2D eigenvalue weighted by Crippen LogP contribution is 2.40. The lowest BCUT2D eigenvalue weighted by molar-refractivity contribution is 0.304. The molecule has 0 spiro atoms. The maximum absolute atomic E-state index is 13.2. The molecule has 5 rings (SSSR count). The van der Waals surface area contributed by atoms with E-state index in [1.54, 1.807) is 39.0 Å². The van der Waals surface area contributed by atoms with Gasteiger partial charge < -0.3 is 25.3 Å². The molecule has 1 aromatic carbocycles. The number of hydrogen-bond donors (Lipinski definition) is 3. The summed E-state index contributed by atoms with van der Waals surface area (Å²) in [6, 6.07) is 4.27. The minimum atomic E-state index is -3.59. The zero-order valence-corrected chi connectivity index (χ0v) is 24.9. The summed E-state index contributed by atoms with van der Waals surface area (Å²) in [5.74, 6) is 1.90. The molecule has 10 nitrogen and oxygen atoms in total. The number of ether oxygens (including phenoxy) is 1. The quantitative estimate of drug-likeness (QED) is 0.398. The van der Waals surface area contributed by atoms with E-state index in [1.165, 1.54) is 17.3 Å². The van der Waals surface area contributed by atoms with Gasteiger partial charge in [-0.1, -0.05) is 11.6 Å². The van der Waals surface area contributed by atoms with E-state index in [9.17, 15) is 8.42 Å². The lowest BCUT2D eigenvalue weighted by Gasteiger charge is -2.31. The molecule has 39 heavy (non-hydrogen) atoms. The summed E-state index contributed by atoms with van der Waals surface area (Å²) in [6.45, 7) is 9.22. The molecule has 12 heteroatoms. The molecule has 1 aliphatic carbocycles. The minimum Gasteiger partial charge on any atom is -0.488 e. The van der Waals surface area contributed by atoms with Gasteiger partial charge in [-0.15, -0.1) is 0 Å². The van der Waals surface area contributed by atoms with Gasteiger partial charge in [-0.05, 0) is 89.7 Å².